The van der Waals surface area contributed by atoms with Crippen LogP contribution in [0.4, 0.5) is 21.9 Å². The van der Waals surface area contributed by atoms with Gasteiger partial charge in [-0.05, 0) is 0 Å². The number of nitro benzene ring substituents is 2. The van der Waals surface area contributed by atoms with Crippen molar-refractivity contribution in [1.82, 2.24) is 0 Å². The third-order valence-corrected chi connectivity index (χ3v) is 2.25. The Balaban J connectivity index is 3.33. The van der Waals surface area contributed by atoms with Crippen molar-refractivity contribution in [2.75, 3.05) is 12.4 Å². The Hall–Kier alpha value is -2.42. The fourth-order valence-corrected chi connectivity index (χ4v) is 1.35. The van der Waals surface area contributed by atoms with Crippen molar-refractivity contribution < 1.29 is 19.4 Å². The molecule has 0 aliphatic heterocycles. The van der Waals surface area contributed by atoms with Crippen molar-refractivity contribution in [1.29, 1.82) is 0 Å². The number of anilines is 1. The van der Waals surface area contributed by atoms with Gasteiger partial charge in [0.05, 0.1) is 22.6 Å². The molecule has 18 heavy (non-hydrogen) atoms. The quantitative estimate of drug-likeness (QED) is 0.666. The average Bonchev–Trinajstić information content (AvgIpc) is 2.30. The zero-order valence-electron chi connectivity index (χ0n) is 8.88. The van der Waals surface area contributed by atoms with Gasteiger partial charge in [0.25, 0.3) is 11.4 Å². The molecule has 1 N–H and O–H groups in total. The van der Waals surface area contributed by atoms with Crippen LogP contribution in [0.5, 0.6) is 0 Å². The summed E-state index contributed by atoms with van der Waals surface area (Å²) in [5.74, 6) is 0. The maximum atomic E-state index is 10.9. The molecule has 0 heterocycles. The number of hydrogen-bond donors (Lipinski definition) is 1. The molecule has 0 atom stereocenters. The van der Waals surface area contributed by atoms with Crippen LogP contribution in [0.15, 0.2) is 12.1 Å². The number of amides is 1. The predicted molar refractivity (Wildman–Crippen MR) is 60.8 cm³/mol. The number of nitrogens with zero attached hydrogens (tertiary/aromatic N) is 2. The summed E-state index contributed by atoms with van der Waals surface area (Å²) in [6.45, 7) is 0. The summed E-state index contributed by atoms with van der Waals surface area (Å²) in [4.78, 5) is 30.5. The summed E-state index contributed by atoms with van der Waals surface area (Å²) < 4.78 is 4.26. The minimum absolute atomic E-state index is 0.162. The number of nitro groups is 2. The van der Waals surface area contributed by atoms with E-state index in [1.165, 1.54) is 0 Å². The molecule has 1 aromatic carbocycles. The van der Waals surface area contributed by atoms with Crippen LogP contribution in [0.2, 0.25) is 5.02 Å². The van der Waals surface area contributed by atoms with E-state index in [2.05, 4.69) is 10.1 Å². The van der Waals surface area contributed by atoms with Crippen LogP contribution in [-0.2, 0) is 4.74 Å². The zero-order valence-corrected chi connectivity index (χ0v) is 9.63. The van der Waals surface area contributed by atoms with Crippen molar-refractivity contribution in [3.05, 3.63) is 37.4 Å². The number of ether oxygens (including phenoxy) is 1. The number of halogens is 1. The Labute approximate surface area is 105 Å². The second kappa shape index (κ2) is 5.27. The smallest absolute Gasteiger partial charge is 0.411 e. The fourth-order valence-electron chi connectivity index (χ4n) is 1.10. The number of carbonyl (C=O) groups excluding carboxylic acids is 1. The summed E-state index contributed by atoms with van der Waals surface area (Å²) in [5.41, 5.74) is -1.53. The Morgan fingerprint density at radius 2 is 1.72 bits per heavy atom. The summed E-state index contributed by atoms with van der Waals surface area (Å²) >= 11 is 5.51. The van der Waals surface area contributed by atoms with Crippen molar-refractivity contribution in [3.63, 3.8) is 0 Å². The van der Waals surface area contributed by atoms with E-state index in [0.717, 1.165) is 19.2 Å². The van der Waals surface area contributed by atoms with Crippen LogP contribution in [-0.4, -0.2) is 23.0 Å². The van der Waals surface area contributed by atoms with Gasteiger partial charge >= 0.3 is 6.09 Å². The van der Waals surface area contributed by atoms with E-state index in [4.69, 9.17) is 11.6 Å². The van der Waals surface area contributed by atoms with Crippen molar-refractivity contribution in [2.24, 2.45) is 0 Å². The predicted octanol–water partition coefficient (Wildman–Crippen LogP) is 2.33. The second-order valence-electron chi connectivity index (χ2n) is 2.96. The molecule has 9 nitrogen and oxygen atoms in total. The first-order valence-electron chi connectivity index (χ1n) is 4.34. The van der Waals surface area contributed by atoms with Gasteiger partial charge in [0.1, 0.15) is 0 Å². The molecule has 0 bridgehead atoms. The zero-order chi connectivity index (χ0) is 13.9. The highest BCUT2D eigenvalue weighted by Crippen LogP contribution is 2.36. The maximum absolute atomic E-state index is 10.9. The van der Waals surface area contributed by atoms with Gasteiger partial charge in [-0.15, -0.1) is 0 Å². The molecule has 0 aliphatic carbocycles. The van der Waals surface area contributed by atoms with Gasteiger partial charge < -0.3 is 4.74 Å². The largest absolute Gasteiger partial charge is 0.453 e. The standard InChI is InChI=1S/C8H6ClN3O6/c1-18-8(13)10-4-2-5(11(14)15)7(9)6(3-4)12(16)17/h2-3H,1H3,(H,10,13). The first-order valence-corrected chi connectivity index (χ1v) is 4.72. The lowest BCUT2D eigenvalue weighted by molar-refractivity contribution is -0.393. The van der Waals surface area contributed by atoms with Crippen LogP contribution in [0, 0.1) is 20.2 Å². The van der Waals surface area contributed by atoms with Crippen molar-refractivity contribution >= 4 is 34.8 Å². The number of carbonyl (C=O) groups is 1. The minimum Gasteiger partial charge on any atom is -0.453 e. The van der Waals surface area contributed by atoms with Gasteiger partial charge in [0.2, 0.25) is 0 Å². The highest BCUT2D eigenvalue weighted by Gasteiger charge is 2.25. The van der Waals surface area contributed by atoms with Gasteiger partial charge in [0.15, 0.2) is 5.02 Å². The molecule has 0 aromatic heterocycles. The molecule has 1 aromatic rings. The number of methoxy groups -OCH3 is 1. The lowest BCUT2D eigenvalue weighted by Crippen LogP contribution is -2.11. The number of nitrogens with one attached hydrogen (secondary N) is 1. The molecule has 0 unspecified atom stereocenters. The molecule has 0 spiro atoms. The number of rotatable bonds is 3. The van der Waals surface area contributed by atoms with E-state index < -0.39 is 32.3 Å². The number of benzene rings is 1. The fraction of sp³-hybridized carbons (Fsp3) is 0.125. The second-order valence-corrected chi connectivity index (χ2v) is 3.34. The Morgan fingerprint density at radius 3 is 2.06 bits per heavy atom. The molecule has 10 heteroatoms. The molecule has 0 saturated heterocycles. The highest BCUT2D eigenvalue weighted by molar-refractivity contribution is 6.35. The lowest BCUT2D eigenvalue weighted by Gasteiger charge is -2.04. The summed E-state index contributed by atoms with van der Waals surface area (Å²) in [5, 5.41) is 22.8. The van der Waals surface area contributed by atoms with Crippen LogP contribution in [0.25, 0.3) is 0 Å². The molecular formula is C8H6ClN3O6. The Morgan fingerprint density at radius 1 is 1.28 bits per heavy atom. The molecule has 96 valence electrons. The molecule has 0 saturated carbocycles. The van der Waals surface area contributed by atoms with Crippen LogP contribution in [0.1, 0.15) is 0 Å². The third kappa shape index (κ3) is 2.83. The van der Waals surface area contributed by atoms with E-state index >= 15 is 0 Å². The van der Waals surface area contributed by atoms with Crippen molar-refractivity contribution in [3.8, 4) is 0 Å². The Bertz CT molecular complexity index is 497. The maximum Gasteiger partial charge on any atom is 0.411 e. The molecule has 0 radical (unpaired) electrons. The molecule has 1 rings (SSSR count). The van der Waals surface area contributed by atoms with E-state index in [-0.39, 0.29) is 5.69 Å². The highest BCUT2D eigenvalue weighted by atomic mass is 35.5. The van der Waals surface area contributed by atoms with Crippen LogP contribution < -0.4 is 5.32 Å². The minimum atomic E-state index is -0.916. The van der Waals surface area contributed by atoms with Gasteiger partial charge in [-0.3, -0.25) is 25.5 Å². The Kier molecular flexibility index (Phi) is 4.00. The van der Waals surface area contributed by atoms with Crippen LogP contribution in [0.3, 0.4) is 0 Å². The summed E-state index contributed by atoms with van der Waals surface area (Å²) in [7, 11) is 1.08. The number of hydrogen-bond acceptors (Lipinski definition) is 6. The molecule has 1 amide bonds. The lowest BCUT2D eigenvalue weighted by atomic mass is 10.2. The van der Waals surface area contributed by atoms with E-state index in [9.17, 15) is 25.0 Å². The molecular weight excluding hydrogens is 270 g/mol. The van der Waals surface area contributed by atoms with Gasteiger partial charge in [-0.1, -0.05) is 11.6 Å². The van der Waals surface area contributed by atoms with Gasteiger partial charge in [0, 0.05) is 12.1 Å². The van der Waals surface area contributed by atoms with Gasteiger partial charge in [-0.2, -0.15) is 0 Å². The normalized spacial score (nSPS) is 9.67. The van der Waals surface area contributed by atoms with Crippen LogP contribution >= 0.6 is 11.6 Å². The average molecular weight is 276 g/mol. The van der Waals surface area contributed by atoms with Crippen molar-refractivity contribution in [2.45, 2.75) is 0 Å². The summed E-state index contributed by atoms with van der Waals surface area (Å²) in [6, 6.07) is 1.79. The first kappa shape index (κ1) is 13.6. The van der Waals surface area contributed by atoms with E-state index in [0.29, 0.717) is 0 Å². The monoisotopic (exact) mass is 275 g/mol. The van der Waals surface area contributed by atoms with E-state index in [1.807, 2.05) is 0 Å². The molecule has 0 aliphatic rings. The third-order valence-electron chi connectivity index (χ3n) is 1.86. The topological polar surface area (TPSA) is 125 Å². The van der Waals surface area contributed by atoms with E-state index in [1.54, 1.807) is 0 Å². The summed E-state index contributed by atoms with van der Waals surface area (Å²) in [6.07, 6.45) is -0.916. The first-order chi connectivity index (χ1) is 8.36. The SMILES string of the molecule is COC(=O)Nc1cc([N+](=O)[O-])c(Cl)c([N+](=O)[O-])c1. The van der Waals surface area contributed by atoms with Gasteiger partial charge in [-0.25, -0.2) is 4.79 Å². The molecule has 0 fully saturated rings.